The topological polar surface area (TPSA) is 56.0 Å². The molecule has 5 heteroatoms. The number of nitrogens with zero attached hydrogens (tertiary/aromatic N) is 2. The maximum atomic E-state index is 10.6. The lowest BCUT2D eigenvalue weighted by molar-refractivity contribution is -0.384. The normalized spacial score (nSPS) is 10.7. The van der Waals surface area contributed by atoms with Gasteiger partial charge in [0.05, 0.1) is 20.1 Å². The van der Waals surface area contributed by atoms with Crippen LogP contribution in [-0.4, -0.2) is 9.91 Å². The molecule has 0 aliphatic heterocycles. The van der Waals surface area contributed by atoms with E-state index in [1.165, 1.54) is 11.3 Å². The van der Waals surface area contributed by atoms with Crippen LogP contribution >= 0.6 is 11.3 Å². The number of aryl methyl sites for hydroxylation is 2. The van der Waals surface area contributed by atoms with Crippen LogP contribution in [0.3, 0.4) is 0 Å². The minimum Gasteiger partial charge on any atom is -0.258 e. The van der Waals surface area contributed by atoms with Crippen molar-refractivity contribution in [1.29, 1.82) is 0 Å². The Hall–Kier alpha value is -1.49. The highest BCUT2D eigenvalue weighted by molar-refractivity contribution is 7.18. The first-order valence-corrected chi connectivity index (χ1v) is 4.92. The third kappa shape index (κ3) is 1.35. The second kappa shape index (κ2) is 3.02. The van der Waals surface area contributed by atoms with Crippen LogP contribution in [0.2, 0.25) is 0 Å². The summed E-state index contributed by atoms with van der Waals surface area (Å²) in [6.07, 6.45) is 0. The van der Waals surface area contributed by atoms with Crippen LogP contribution in [0.25, 0.3) is 10.2 Å². The van der Waals surface area contributed by atoms with E-state index in [9.17, 15) is 10.1 Å². The second-order valence-electron chi connectivity index (χ2n) is 3.10. The Kier molecular flexibility index (Phi) is 1.96. The molecule has 0 bridgehead atoms. The third-order valence-corrected chi connectivity index (χ3v) is 2.91. The van der Waals surface area contributed by atoms with Gasteiger partial charge in [0.15, 0.2) is 0 Å². The van der Waals surface area contributed by atoms with Crippen LogP contribution in [0.4, 0.5) is 5.69 Å². The van der Waals surface area contributed by atoms with Crippen LogP contribution in [-0.2, 0) is 0 Å². The molecule has 0 fully saturated rings. The number of nitro benzene ring substituents is 1. The SMILES string of the molecule is Cc1nc2c(C)cc([N+](=O)[O-])cc2s1. The summed E-state index contributed by atoms with van der Waals surface area (Å²) in [5.74, 6) is 0. The summed E-state index contributed by atoms with van der Waals surface area (Å²) in [5.41, 5.74) is 1.87. The van der Waals surface area contributed by atoms with Gasteiger partial charge in [-0.2, -0.15) is 0 Å². The van der Waals surface area contributed by atoms with Gasteiger partial charge in [0, 0.05) is 12.1 Å². The molecule has 14 heavy (non-hydrogen) atoms. The van der Waals surface area contributed by atoms with E-state index in [4.69, 9.17) is 0 Å². The third-order valence-electron chi connectivity index (χ3n) is 1.99. The Morgan fingerprint density at radius 3 is 2.79 bits per heavy atom. The van der Waals surface area contributed by atoms with Gasteiger partial charge < -0.3 is 0 Å². The number of nitro groups is 1. The van der Waals surface area contributed by atoms with Crippen LogP contribution in [0.1, 0.15) is 10.6 Å². The van der Waals surface area contributed by atoms with Gasteiger partial charge in [0.25, 0.3) is 5.69 Å². The van der Waals surface area contributed by atoms with E-state index in [1.54, 1.807) is 12.1 Å². The summed E-state index contributed by atoms with van der Waals surface area (Å²) in [5, 5.41) is 11.5. The summed E-state index contributed by atoms with van der Waals surface area (Å²) < 4.78 is 0.884. The van der Waals surface area contributed by atoms with E-state index in [1.807, 2.05) is 13.8 Å². The fraction of sp³-hybridized carbons (Fsp3) is 0.222. The van der Waals surface area contributed by atoms with Crippen molar-refractivity contribution in [2.24, 2.45) is 0 Å². The highest BCUT2D eigenvalue weighted by Crippen LogP contribution is 2.28. The number of thiazole rings is 1. The lowest BCUT2D eigenvalue weighted by atomic mass is 10.2. The first kappa shape index (κ1) is 9.08. The standard InChI is InChI=1S/C9H8N2O2S/c1-5-3-7(11(12)13)4-8-9(5)10-6(2)14-8/h3-4H,1-2H3. The fourth-order valence-corrected chi connectivity index (χ4v) is 2.33. The van der Waals surface area contributed by atoms with E-state index < -0.39 is 0 Å². The maximum Gasteiger partial charge on any atom is 0.271 e. The molecular weight excluding hydrogens is 200 g/mol. The van der Waals surface area contributed by atoms with Gasteiger partial charge >= 0.3 is 0 Å². The molecule has 0 aliphatic rings. The predicted octanol–water partition coefficient (Wildman–Crippen LogP) is 2.82. The molecule has 0 saturated carbocycles. The molecule has 0 spiro atoms. The molecule has 0 aliphatic carbocycles. The zero-order valence-electron chi connectivity index (χ0n) is 7.77. The number of benzene rings is 1. The summed E-state index contributed by atoms with van der Waals surface area (Å²) in [4.78, 5) is 14.5. The Balaban J connectivity index is 2.77. The van der Waals surface area contributed by atoms with Gasteiger partial charge in [-0.25, -0.2) is 4.98 Å². The number of hydrogen-bond acceptors (Lipinski definition) is 4. The summed E-state index contributed by atoms with van der Waals surface area (Å²) in [6.45, 7) is 3.74. The van der Waals surface area contributed by atoms with Gasteiger partial charge in [-0.15, -0.1) is 11.3 Å². The Bertz CT molecular complexity index is 519. The van der Waals surface area contributed by atoms with Crippen LogP contribution in [0.15, 0.2) is 12.1 Å². The largest absolute Gasteiger partial charge is 0.271 e. The highest BCUT2D eigenvalue weighted by atomic mass is 32.1. The first-order valence-electron chi connectivity index (χ1n) is 4.10. The number of hydrogen-bond donors (Lipinski definition) is 0. The molecule has 1 aromatic carbocycles. The van der Waals surface area contributed by atoms with Crippen LogP contribution in [0.5, 0.6) is 0 Å². The Morgan fingerprint density at radius 2 is 2.14 bits per heavy atom. The minimum absolute atomic E-state index is 0.138. The van der Waals surface area contributed by atoms with E-state index in [-0.39, 0.29) is 10.6 Å². The van der Waals surface area contributed by atoms with Crippen molar-refractivity contribution in [3.05, 3.63) is 32.8 Å². The molecule has 0 unspecified atom stereocenters. The molecule has 2 aromatic rings. The molecule has 1 heterocycles. The average molecular weight is 208 g/mol. The predicted molar refractivity (Wildman–Crippen MR) is 55.7 cm³/mol. The molecule has 0 atom stereocenters. The molecule has 0 amide bonds. The molecule has 1 aromatic heterocycles. The van der Waals surface area contributed by atoms with Gasteiger partial charge in [-0.05, 0) is 19.4 Å². The quantitative estimate of drug-likeness (QED) is 0.534. The van der Waals surface area contributed by atoms with Gasteiger partial charge in [-0.3, -0.25) is 10.1 Å². The Morgan fingerprint density at radius 1 is 1.43 bits per heavy atom. The molecule has 2 rings (SSSR count). The lowest BCUT2D eigenvalue weighted by Crippen LogP contribution is -1.88. The zero-order chi connectivity index (χ0) is 10.3. The van der Waals surface area contributed by atoms with E-state index in [0.29, 0.717) is 0 Å². The van der Waals surface area contributed by atoms with Gasteiger partial charge in [0.2, 0.25) is 0 Å². The van der Waals surface area contributed by atoms with Crippen molar-refractivity contribution in [2.45, 2.75) is 13.8 Å². The lowest BCUT2D eigenvalue weighted by Gasteiger charge is -1.94. The summed E-state index contributed by atoms with van der Waals surface area (Å²) >= 11 is 1.48. The number of fused-ring (bicyclic) bond motifs is 1. The highest BCUT2D eigenvalue weighted by Gasteiger charge is 2.11. The maximum absolute atomic E-state index is 10.6. The van der Waals surface area contributed by atoms with Crippen molar-refractivity contribution in [3.8, 4) is 0 Å². The van der Waals surface area contributed by atoms with Gasteiger partial charge in [-0.1, -0.05) is 0 Å². The number of aromatic nitrogens is 1. The smallest absolute Gasteiger partial charge is 0.258 e. The molecular formula is C9H8N2O2S. The molecule has 0 N–H and O–H groups in total. The van der Waals surface area contributed by atoms with E-state index in [2.05, 4.69) is 4.98 Å². The van der Waals surface area contributed by atoms with Crippen LogP contribution in [0, 0.1) is 24.0 Å². The van der Waals surface area contributed by atoms with Crippen molar-refractivity contribution >= 4 is 27.2 Å². The minimum atomic E-state index is -0.374. The number of rotatable bonds is 1. The van der Waals surface area contributed by atoms with Crippen molar-refractivity contribution in [3.63, 3.8) is 0 Å². The zero-order valence-corrected chi connectivity index (χ0v) is 8.59. The van der Waals surface area contributed by atoms with Crippen molar-refractivity contribution in [1.82, 2.24) is 4.98 Å². The molecule has 72 valence electrons. The Labute approximate surface area is 84.4 Å². The van der Waals surface area contributed by atoms with Crippen molar-refractivity contribution < 1.29 is 4.92 Å². The van der Waals surface area contributed by atoms with Crippen molar-refractivity contribution in [2.75, 3.05) is 0 Å². The first-order chi connectivity index (χ1) is 6.58. The average Bonchev–Trinajstić information content (AvgIpc) is 2.45. The van der Waals surface area contributed by atoms with Gasteiger partial charge in [0.1, 0.15) is 0 Å². The second-order valence-corrected chi connectivity index (χ2v) is 4.33. The monoisotopic (exact) mass is 208 g/mol. The molecule has 0 radical (unpaired) electrons. The summed E-state index contributed by atoms with van der Waals surface area (Å²) in [7, 11) is 0. The fourth-order valence-electron chi connectivity index (χ4n) is 1.39. The van der Waals surface area contributed by atoms with Crippen LogP contribution < -0.4 is 0 Å². The number of non-ortho nitro benzene ring substituents is 1. The summed E-state index contributed by atoms with van der Waals surface area (Å²) in [6, 6.07) is 3.13. The molecule has 4 nitrogen and oxygen atoms in total. The van der Waals surface area contributed by atoms with E-state index >= 15 is 0 Å². The molecule has 0 saturated heterocycles. The van der Waals surface area contributed by atoms with E-state index in [0.717, 1.165) is 20.8 Å².